The van der Waals surface area contributed by atoms with E-state index in [2.05, 4.69) is 33.3 Å². The molecule has 0 spiro atoms. The van der Waals surface area contributed by atoms with Gasteiger partial charge in [-0.1, -0.05) is 13.3 Å². The first-order valence-corrected chi connectivity index (χ1v) is 7.49. The Morgan fingerprint density at radius 3 is 2.85 bits per heavy atom. The molecule has 0 radical (unpaired) electrons. The van der Waals surface area contributed by atoms with Gasteiger partial charge in [-0.15, -0.1) is 0 Å². The summed E-state index contributed by atoms with van der Waals surface area (Å²) in [6.45, 7) is 6.38. The molecule has 0 saturated carbocycles. The van der Waals surface area contributed by atoms with Crippen molar-refractivity contribution in [3.05, 3.63) is 21.0 Å². The van der Waals surface area contributed by atoms with E-state index in [0.717, 1.165) is 12.8 Å². The van der Waals surface area contributed by atoms with Crippen molar-refractivity contribution in [3.63, 3.8) is 0 Å². The molecule has 0 amide bonds. The first-order valence-electron chi connectivity index (χ1n) is 6.70. The number of carbonyl (C=O) groups excluding carboxylic acids is 1. The molecule has 0 bridgehead atoms. The van der Waals surface area contributed by atoms with Crippen molar-refractivity contribution in [2.45, 2.75) is 46.2 Å². The number of esters is 1. The number of hydrogen-bond donors (Lipinski definition) is 1. The Bertz CT molecular complexity index is 516. The van der Waals surface area contributed by atoms with Crippen molar-refractivity contribution in [3.8, 4) is 0 Å². The monoisotopic (exact) mass is 345 g/mol. The van der Waals surface area contributed by atoms with E-state index in [9.17, 15) is 9.59 Å². The van der Waals surface area contributed by atoms with Crippen molar-refractivity contribution < 1.29 is 9.53 Å². The third kappa shape index (κ3) is 4.33. The number of carbonyl (C=O) groups is 1. The SMILES string of the molecule is CCCCn1ncc(NC(C)C(=O)OCC)c(Br)c1=O. The Balaban J connectivity index is 2.85. The van der Waals surface area contributed by atoms with Crippen LogP contribution in [0.1, 0.15) is 33.6 Å². The van der Waals surface area contributed by atoms with Crippen molar-refractivity contribution >= 4 is 27.6 Å². The van der Waals surface area contributed by atoms with Crippen molar-refractivity contribution in [1.82, 2.24) is 9.78 Å². The van der Waals surface area contributed by atoms with E-state index in [1.54, 1.807) is 13.8 Å². The van der Waals surface area contributed by atoms with Gasteiger partial charge in [0.2, 0.25) is 0 Å². The van der Waals surface area contributed by atoms with Crippen molar-refractivity contribution in [1.29, 1.82) is 0 Å². The zero-order chi connectivity index (χ0) is 15.1. The molecule has 0 fully saturated rings. The maximum atomic E-state index is 12.1. The van der Waals surface area contributed by atoms with Gasteiger partial charge < -0.3 is 10.1 Å². The fourth-order valence-corrected chi connectivity index (χ4v) is 2.01. The van der Waals surface area contributed by atoms with Crippen LogP contribution >= 0.6 is 15.9 Å². The quantitative estimate of drug-likeness (QED) is 0.766. The summed E-state index contributed by atoms with van der Waals surface area (Å²) in [6.07, 6.45) is 3.42. The Kier molecular flexibility index (Phi) is 6.70. The standard InChI is InChI=1S/C13H20BrN3O3/c1-4-6-7-17-12(18)11(14)10(8-15-17)16-9(3)13(19)20-5-2/h8-9,16H,4-7H2,1-3H3. The van der Waals surface area contributed by atoms with E-state index in [1.165, 1.54) is 10.9 Å². The molecule has 6 nitrogen and oxygen atoms in total. The van der Waals surface area contributed by atoms with E-state index < -0.39 is 6.04 Å². The number of aromatic nitrogens is 2. The van der Waals surface area contributed by atoms with Crippen LogP contribution in [0.2, 0.25) is 0 Å². The topological polar surface area (TPSA) is 73.2 Å². The lowest BCUT2D eigenvalue weighted by Gasteiger charge is -2.15. The van der Waals surface area contributed by atoms with Crippen LogP contribution in [0.15, 0.2) is 15.5 Å². The summed E-state index contributed by atoms with van der Waals surface area (Å²) in [5.74, 6) is -0.366. The van der Waals surface area contributed by atoms with Gasteiger partial charge in [-0.2, -0.15) is 5.10 Å². The molecule has 112 valence electrons. The lowest BCUT2D eigenvalue weighted by molar-refractivity contribution is -0.143. The molecule has 1 atom stereocenters. The van der Waals surface area contributed by atoms with E-state index in [0.29, 0.717) is 23.3 Å². The highest BCUT2D eigenvalue weighted by molar-refractivity contribution is 9.10. The van der Waals surface area contributed by atoms with Crippen LogP contribution in [0.5, 0.6) is 0 Å². The van der Waals surface area contributed by atoms with E-state index in [1.807, 2.05) is 0 Å². The number of rotatable bonds is 7. The molecule has 7 heteroatoms. The molecule has 1 aromatic rings. The van der Waals surface area contributed by atoms with Crippen molar-refractivity contribution in [2.75, 3.05) is 11.9 Å². The molecular weight excluding hydrogens is 326 g/mol. The van der Waals surface area contributed by atoms with Gasteiger partial charge in [0.05, 0.1) is 18.5 Å². The van der Waals surface area contributed by atoms with Crippen LogP contribution in [-0.2, 0) is 16.1 Å². The lowest BCUT2D eigenvalue weighted by Crippen LogP contribution is -2.31. The Morgan fingerprint density at radius 1 is 1.55 bits per heavy atom. The molecule has 0 saturated heterocycles. The average molecular weight is 346 g/mol. The highest BCUT2D eigenvalue weighted by atomic mass is 79.9. The van der Waals surface area contributed by atoms with Crippen LogP contribution in [0.25, 0.3) is 0 Å². The van der Waals surface area contributed by atoms with Gasteiger partial charge in [-0.25, -0.2) is 9.48 Å². The average Bonchev–Trinajstić information content (AvgIpc) is 2.43. The second-order valence-electron chi connectivity index (χ2n) is 4.37. The summed E-state index contributed by atoms with van der Waals surface area (Å²) in [6, 6.07) is -0.543. The number of anilines is 1. The number of nitrogens with zero attached hydrogens (tertiary/aromatic N) is 2. The molecule has 0 aliphatic carbocycles. The van der Waals surface area contributed by atoms with Gasteiger partial charge in [0.25, 0.3) is 5.56 Å². The summed E-state index contributed by atoms with van der Waals surface area (Å²) in [5.41, 5.74) is 0.280. The molecule has 1 aromatic heterocycles. The molecule has 1 rings (SSSR count). The maximum absolute atomic E-state index is 12.1. The third-order valence-electron chi connectivity index (χ3n) is 2.72. The Labute approximate surface area is 126 Å². The van der Waals surface area contributed by atoms with Crippen LogP contribution in [0, 0.1) is 0 Å². The fourth-order valence-electron chi connectivity index (χ4n) is 1.59. The van der Waals surface area contributed by atoms with Gasteiger partial charge in [0.15, 0.2) is 0 Å². The molecule has 0 aliphatic heterocycles. The largest absolute Gasteiger partial charge is 0.464 e. The summed E-state index contributed by atoms with van der Waals surface area (Å²) in [5, 5.41) is 7.02. The van der Waals surface area contributed by atoms with Gasteiger partial charge in [0.1, 0.15) is 10.5 Å². The first-order chi connectivity index (χ1) is 9.51. The van der Waals surface area contributed by atoms with Gasteiger partial charge >= 0.3 is 5.97 Å². The predicted octanol–water partition coefficient (Wildman–Crippen LogP) is 2.17. The summed E-state index contributed by atoms with van der Waals surface area (Å²) in [7, 11) is 0. The minimum Gasteiger partial charge on any atom is -0.464 e. The second-order valence-corrected chi connectivity index (χ2v) is 5.17. The number of nitrogens with one attached hydrogen (secondary N) is 1. The van der Waals surface area contributed by atoms with E-state index in [-0.39, 0.29) is 11.5 Å². The lowest BCUT2D eigenvalue weighted by atomic mass is 10.3. The van der Waals surface area contributed by atoms with Gasteiger partial charge in [-0.05, 0) is 36.2 Å². The van der Waals surface area contributed by atoms with E-state index in [4.69, 9.17) is 4.74 Å². The first kappa shape index (κ1) is 16.7. The molecule has 1 N–H and O–H groups in total. The highest BCUT2D eigenvalue weighted by Crippen LogP contribution is 2.17. The minimum absolute atomic E-state index is 0.209. The van der Waals surface area contributed by atoms with E-state index >= 15 is 0 Å². The maximum Gasteiger partial charge on any atom is 0.328 e. The molecule has 0 aliphatic rings. The van der Waals surface area contributed by atoms with Crippen LogP contribution in [0.3, 0.4) is 0 Å². The van der Waals surface area contributed by atoms with Crippen LogP contribution in [0.4, 0.5) is 5.69 Å². The molecule has 0 aromatic carbocycles. The summed E-state index contributed by atoms with van der Waals surface area (Å²) < 4.78 is 6.69. The Hall–Kier alpha value is -1.37. The number of aryl methyl sites for hydroxylation is 1. The molecular formula is C13H20BrN3O3. The zero-order valence-corrected chi connectivity index (χ0v) is 13.6. The number of unbranched alkanes of at least 4 members (excludes halogenated alkanes) is 1. The number of halogens is 1. The summed E-state index contributed by atoms with van der Waals surface area (Å²) >= 11 is 3.25. The van der Waals surface area contributed by atoms with Gasteiger partial charge in [-0.3, -0.25) is 4.79 Å². The predicted molar refractivity (Wildman–Crippen MR) is 80.8 cm³/mol. The summed E-state index contributed by atoms with van der Waals surface area (Å²) in [4.78, 5) is 23.6. The molecule has 20 heavy (non-hydrogen) atoms. The molecule has 1 unspecified atom stereocenters. The third-order valence-corrected chi connectivity index (χ3v) is 3.49. The second kappa shape index (κ2) is 8.04. The molecule has 1 heterocycles. The fraction of sp³-hybridized carbons (Fsp3) is 0.615. The van der Waals surface area contributed by atoms with Crippen molar-refractivity contribution in [2.24, 2.45) is 0 Å². The highest BCUT2D eigenvalue weighted by Gasteiger charge is 2.16. The zero-order valence-electron chi connectivity index (χ0n) is 12.0. The van der Waals surface area contributed by atoms with Crippen LogP contribution in [-0.4, -0.2) is 28.4 Å². The normalized spacial score (nSPS) is 12.0. The Morgan fingerprint density at radius 2 is 2.25 bits per heavy atom. The van der Waals surface area contributed by atoms with Crippen LogP contribution < -0.4 is 10.9 Å². The van der Waals surface area contributed by atoms with Gasteiger partial charge in [0, 0.05) is 6.54 Å². The number of hydrogen-bond acceptors (Lipinski definition) is 5. The minimum atomic E-state index is -0.543. The smallest absolute Gasteiger partial charge is 0.328 e. The number of ether oxygens (including phenoxy) is 1.